The fraction of sp³-hybridized carbons (Fsp3) is 0.533. The molecule has 0 aliphatic heterocycles. The van der Waals surface area contributed by atoms with Crippen LogP contribution >= 0.6 is 0 Å². The maximum atomic E-state index is 13.5. The Morgan fingerprint density at radius 2 is 1.91 bits per heavy atom. The summed E-state index contributed by atoms with van der Waals surface area (Å²) in [6.45, 7) is 0.281. The van der Waals surface area contributed by atoms with Crippen molar-refractivity contribution in [2.45, 2.75) is 42.5 Å². The molecular weight excluding hydrogens is 321 g/mol. The highest BCUT2D eigenvalue weighted by molar-refractivity contribution is 7.89. The first-order valence-electron chi connectivity index (χ1n) is 7.64. The molecule has 6 nitrogen and oxygen atoms in total. The second-order valence-electron chi connectivity index (χ2n) is 5.82. The monoisotopic (exact) mass is 343 g/mol. The van der Waals surface area contributed by atoms with Crippen LogP contribution in [0.1, 0.15) is 32.1 Å². The van der Waals surface area contributed by atoms with Gasteiger partial charge in [-0.2, -0.15) is 0 Å². The molecule has 1 aliphatic carbocycles. The first kappa shape index (κ1) is 17.8. The summed E-state index contributed by atoms with van der Waals surface area (Å²) in [6.07, 6.45) is 3.72. The minimum Gasteiger partial charge on any atom is -0.349 e. The van der Waals surface area contributed by atoms with Crippen LogP contribution in [0.25, 0.3) is 0 Å². The zero-order valence-corrected chi connectivity index (χ0v) is 13.7. The quantitative estimate of drug-likeness (QED) is 0.684. The summed E-state index contributed by atoms with van der Waals surface area (Å²) < 4.78 is 39.8. The summed E-state index contributed by atoms with van der Waals surface area (Å²) >= 11 is 0. The molecule has 8 heteroatoms. The molecule has 2 rings (SSSR count). The lowest BCUT2D eigenvalue weighted by Crippen LogP contribution is -2.52. The summed E-state index contributed by atoms with van der Waals surface area (Å²) in [5, 5.41) is 2.91. The zero-order valence-electron chi connectivity index (χ0n) is 12.8. The van der Waals surface area contributed by atoms with Gasteiger partial charge >= 0.3 is 0 Å². The standard InChI is InChI=1S/C15H22FN3O3S/c16-12-5-1-2-6-13(12)23(21,22)18-10-7-14(20)19-15(11-17)8-3-4-9-15/h1-2,5-6,18H,3-4,7-11,17H2,(H,19,20). The number of carbonyl (C=O) groups excluding carboxylic acids is 1. The molecule has 1 aromatic rings. The SMILES string of the molecule is NCC1(NC(=O)CCNS(=O)(=O)c2ccccc2F)CCCC1. The van der Waals surface area contributed by atoms with Gasteiger partial charge in [-0.3, -0.25) is 4.79 Å². The van der Waals surface area contributed by atoms with Crippen molar-refractivity contribution in [1.29, 1.82) is 0 Å². The van der Waals surface area contributed by atoms with Crippen molar-refractivity contribution in [3.63, 3.8) is 0 Å². The molecule has 23 heavy (non-hydrogen) atoms. The maximum absolute atomic E-state index is 13.5. The van der Waals surface area contributed by atoms with Gasteiger partial charge in [-0.25, -0.2) is 17.5 Å². The van der Waals surface area contributed by atoms with Gasteiger partial charge in [0.15, 0.2) is 0 Å². The molecular formula is C15H22FN3O3S. The van der Waals surface area contributed by atoms with E-state index in [1.54, 1.807) is 0 Å². The Bertz CT molecular complexity index is 658. The fourth-order valence-electron chi connectivity index (χ4n) is 2.83. The third-order valence-electron chi connectivity index (χ3n) is 4.13. The van der Waals surface area contributed by atoms with Crippen LogP contribution in [-0.4, -0.2) is 33.0 Å². The number of amides is 1. The van der Waals surface area contributed by atoms with E-state index >= 15 is 0 Å². The Hall–Kier alpha value is -1.51. The molecule has 1 aromatic carbocycles. The molecule has 1 fully saturated rings. The van der Waals surface area contributed by atoms with Gasteiger partial charge in [-0.15, -0.1) is 0 Å². The third kappa shape index (κ3) is 4.49. The van der Waals surface area contributed by atoms with Crippen LogP contribution in [0.4, 0.5) is 4.39 Å². The Morgan fingerprint density at radius 3 is 2.52 bits per heavy atom. The number of hydrogen-bond donors (Lipinski definition) is 3. The highest BCUT2D eigenvalue weighted by Gasteiger charge is 2.33. The molecule has 0 unspecified atom stereocenters. The molecule has 0 heterocycles. The number of halogens is 1. The van der Waals surface area contributed by atoms with Gasteiger partial charge in [-0.1, -0.05) is 25.0 Å². The second-order valence-corrected chi connectivity index (χ2v) is 7.55. The largest absolute Gasteiger partial charge is 0.349 e. The van der Waals surface area contributed by atoms with E-state index in [2.05, 4.69) is 10.0 Å². The maximum Gasteiger partial charge on any atom is 0.243 e. The lowest BCUT2D eigenvalue weighted by atomic mass is 9.97. The Balaban J connectivity index is 1.87. The van der Waals surface area contributed by atoms with Crippen LogP contribution in [0, 0.1) is 5.82 Å². The van der Waals surface area contributed by atoms with E-state index in [4.69, 9.17) is 5.73 Å². The average molecular weight is 343 g/mol. The molecule has 1 aliphatic rings. The average Bonchev–Trinajstić information content (AvgIpc) is 2.96. The molecule has 0 aromatic heterocycles. The number of benzene rings is 1. The van der Waals surface area contributed by atoms with E-state index in [1.165, 1.54) is 18.2 Å². The normalized spacial score (nSPS) is 17.1. The van der Waals surface area contributed by atoms with Crippen LogP contribution in [0.2, 0.25) is 0 Å². The number of nitrogens with two attached hydrogens (primary N) is 1. The van der Waals surface area contributed by atoms with Gasteiger partial charge in [0.1, 0.15) is 10.7 Å². The van der Waals surface area contributed by atoms with Crippen molar-refractivity contribution >= 4 is 15.9 Å². The van der Waals surface area contributed by atoms with Crippen molar-refractivity contribution in [3.8, 4) is 0 Å². The van der Waals surface area contributed by atoms with E-state index in [0.717, 1.165) is 31.7 Å². The lowest BCUT2D eigenvalue weighted by Gasteiger charge is -2.28. The van der Waals surface area contributed by atoms with E-state index in [-0.39, 0.29) is 24.4 Å². The molecule has 0 saturated heterocycles. The van der Waals surface area contributed by atoms with Crippen molar-refractivity contribution < 1.29 is 17.6 Å². The molecule has 0 atom stereocenters. The Kier molecular flexibility index (Phi) is 5.72. The number of sulfonamides is 1. The second kappa shape index (κ2) is 7.37. The topological polar surface area (TPSA) is 101 Å². The zero-order chi connectivity index (χ0) is 16.9. The van der Waals surface area contributed by atoms with E-state index < -0.39 is 20.7 Å². The van der Waals surface area contributed by atoms with Crippen LogP contribution in [-0.2, 0) is 14.8 Å². The predicted molar refractivity (Wildman–Crippen MR) is 84.6 cm³/mol. The van der Waals surface area contributed by atoms with Crippen molar-refractivity contribution in [2.75, 3.05) is 13.1 Å². The van der Waals surface area contributed by atoms with Gasteiger partial charge in [0, 0.05) is 19.5 Å². The number of carbonyl (C=O) groups is 1. The Morgan fingerprint density at radius 1 is 1.26 bits per heavy atom. The Labute approximate surface area is 135 Å². The molecule has 0 bridgehead atoms. The van der Waals surface area contributed by atoms with E-state index in [1.807, 2.05) is 0 Å². The van der Waals surface area contributed by atoms with Gasteiger partial charge in [-0.05, 0) is 25.0 Å². The van der Waals surface area contributed by atoms with Gasteiger partial charge in [0.2, 0.25) is 15.9 Å². The highest BCUT2D eigenvalue weighted by Crippen LogP contribution is 2.28. The smallest absolute Gasteiger partial charge is 0.243 e. The molecule has 128 valence electrons. The van der Waals surface area contributed by atoms with Crippen LogP contribution in [0.15, 0.2) is 29.2 Å². The number of nitrogens with one attached hydrogen (secondary N) is 2. The molecule has 1 amide bonds. The van der Waals surface area contributed by atoms with Gasteiger partial charge < -0.3 is 11.1 Å². The van der Waals surface area contributed by atoms with E-state index in [0.29, 0.717) is 6.54 Å². The van der Waals surface area contributed by atoms with Crippen molar-refractivity contribution in [2.24, 2.45) is 5.73 Å². The van der Waals surface area contributed by atoms with Crippen molar-refractivity contribution in [1.82, 2.24) is 10.0 Å². The van der Waals surface area contributed by atoms with E-state index in [9.17, 15) is 17.6 Å². The summed E-state index contributed by atoms with van der Waals surface area (Å²) in [6, 6.07) is 5.11. The third-order valence-corrected chi connectivity index (χ3v) is 5.62. The first-order chi connectivity index (χ1) is 10.9. The van der Waals surface area contributed by atoms with Gasteiger partial charge in [0.25, 0.3) is 0 Å². The van der Waals surface area contributed by atoms with Crippen LogP contribution < -0.4 is 15.8 Å². The summed E-state index contributed by atoms with van der Waals surface area (Å²) in [4.78, 5) is 11.6. The predicted octanol–water partition coefficient (Wildman–Crippen LogP) is 0.882. The lowest BCUT2D eigenvalue weighted by molar-refractivity contribution is -0.122. The molecule has 4 N–H and O–H groups in total. The summed E-state index contributed by atoms with van der Waals surface area (Å²) in [5.41, 5.74) is 5.38. The highest BCUT2D eigenvalue weighted by atomic mass is 32.2. The van der Waals surface area contributed by atoms with Gasteiger partial charge in [0.05, 0.1) is 5.54 Å². The van der Waals surface area contributed by atoms with Crippen molar-refractivity contribution in [3.05, 3.63) is 30.1 Å². The summed E-state index contributed by atoms with van der Waals surface area (Å²) in [7, 11) is -3.96. The van der Waals surface area contributed by atoms with Crippen LogP contribution in [0.3, 0.4) is 0 Å². The molecule has 1 saturated carbocycles. The minimum absolute atomic E-state index is 0.0184. The first-order valence-corrected chi connectivity index (χ1v) is 9.12. The number of hydrogen-bond acceptors (Lipinski definition) is 4. The fourth-order valence-corrected chi connectivity index (χ4v) is 3.94. The minimum atomic E-state index is -3.96. The molecule has 0 radical (unpaired) electrons. The summed E-state index contributed by atoms with van der Waals surface area (Å²) in [5.74, 6) is -1.08. The molecule has 0 spiro atoms. The van der Waals surface area contributed by atoms with Crippen LogP contribution in [0.5, 0.6) is 0 Å². The number of rotatable bonds is 7.